The summed E-state index contributed by atoms with van der Waals surface area (Å²) in [5.74, 6) is -0.484. The number of carbonyl (C=O) groups is 2. The van der Waals surface area contributed by atoms with Crippen molar-refractivity contribution in [3.8, 4) is 0 Å². The van der Waals surface area contributed by atoms with Gasteiger partial charge in [-0.3, -0.25) is 9.59 Å². The van der Waals surface area contributed by atoms with Crippen LogP contribution in [0.1, 0.15) is 26.3 Å². The van der Waals surface area contributed by atoms with E-state index in [4.69, 9.17) is 0 Å². The van der Waals surface area contributed by atoms with Gasteiger partial charge < -0.3 is 10.6 Å². The molecule has 0 aliphatic heterocycles. The van der Waals surface area contributed by atoms with E-state index in [0.717, 1.165) is 10.0 Å². The Balaban J connectivity index is 2.32. The number of hydrogen-bond acceptors (Lipinski definition) is 2. The Morgan fingerprint density at radius 1 is 1.00 bits per heavy atom. The van der Waals surface area contributed by atoms with Crippen molar-refractivity contribution in [2.45, 2.75) is 6.92 Å². The van der Waals surface area contributed by atoms with Gasteiger partial charge in [0.05, 0.1) is 11.3 Å². The minimum atomic E-state index is -0.245. The van der Waals surface area contributed by atoms with Gasteiger partial charge in [-0.05, 0) is 36.8 Å². The first kappa shape index (κ1) is 15.3. The first-order chi connectivity index (χ1) is 10.0. The fourth-order valence-corrected chi connectivity index (χ4v) is 2.31. The topological polar surface area (TPSA) is 58.2 Å². The molecule has 0 unspecified atom stereocenters. The molecule has 2 amide bonds. The Morgan fingerprint density at radius 2 is 1.71 bits per heavy atom. The van der Waals surface area contributed by atoms with Crippen LogP contribution >= 0.6 is 15.9 Å². The van der Waals surface area contributed by atoms with E-state index in [1.54, 1.807) is 37.4 Å². The molecule has 0 radical (unpaired) electrons. The molecule has 2 N–H and O–H groups in total. The second kappa shape index (κ2) is 6.54. The molecule has 0 aliphatic rings. The molecule has 0 spiro atoms. The number of rotatable bonds is 3. The van der Waals surface area contributed by atoms with E-state index >= 15 is 0 Å². The Labute approximate surface area is 131 Å². The number of hydrogen-bond donors (Lipinski definition) is 2. The highest BCUT2D eigenvalue weighted by atomic mass is 79.9. The standard InChI is InChI=1S/C16H15BrN2O2/c1-10-7-8-11(17)9-13(10)16(21)19-14-6-4-3-5-12(14)15(20)18-2/h3-9H,1-2H3,(H,18,20)(H,19,21). The van der Waals surface area contributed by atoms with Crippen LogP contribution in [0.15, 0.2) is 46.9 Å². The van der Waals surface area contributed by atoms with Gasteiger partial charge in [0, 0.05) is 17.1 Å². The van der Waals surface area contributed by atoms with Gasteiger partial charge in [-0.2, -0.15) is 0 Å². The van der Waals surface area contributed by atoms with Crippen LogP contribution in [0.5, 0.6) is 0 Å². The molecular weight excluding hydrogens is 332 g/mol. The molecule has 4 nitrogen and oxygen atoms in total. The molecule has 2 aromatic carbocycles. The molecule has 0 saturated heterocycles. The molecule has 108 valence electrons. The Hall–Kier alpha value is -2.14. The van der Waals surface area contributed by atoms with Gasteiger partial charge in [-0.1, -0.05) is 34.1 Å². The van der Waals surface area contributed by atoms with E-state index in [9.17, 15) is 9.59 Å². The van der Waals surface area contributed by atoms with E-state index in [-0.39, 0.29) is 11.8 Å². The van der Waals surface area contributed by atoms with Gasteiger partial charge in [-0.15, -0.1) is 0 Å². The van der Waals surface area contributed by atoms with E-state index in [0.29, 0.717) is 16.8 Å². The molecular formula is C16H15BrN2O2. The third-order valence-corrected chi connectivity index (χ3v) is 3.58. The normalized spacial score (nSPS) is 10.0. The zero-order valence-electron chi connectivity index (χ0n) is 11.7. The lowest BCUT2D eigenvalue weighted by molar-refractivity contribution is 0.0964. The lowest BCUT2D eigenvalue weighted by atomic mass is 10.1. The van der Waals surface area contributed by atoms with E-state index in [1.165, 1.54) is 0 Å². The van der Waals surface area contributed by atoms with Crippen LogP contribution in [0.2, 0.25) is 0 Å². The maximum atomic E-state index is 12.4. The van der Waals surface area contributed by atoms with E-state index in [1.807, 2.05) is 19.1 Å². The highest BCUT2D eigenvalue weighted by Gasteiger charge is 2.14. The average Bonchev–Trinajstić information content (AvgIpc) is 2.49. The quantitative estimate of drug-likeness (QED) is 0.894. The average molecular weight is 347 g/mol. The Bertz CT molecular complexity index is 698. The van der Waals surface area contributed by atoms with Crippen LogP contribution in [-0.4, -0.2) is 18.9 Å². The molecule has 0 heterocycles. The zero-order valence-corrected chi connectivity index (χ0v) is 13.3. The first-order valence-corrected chi connectivity index (χ1v) is 7.21. The number of nitrogens with one attached hydrogen (secondary N) is 2. The summed E-state index contributed by atoms with van der Waals surface area (Å²) < 4.78 is 0.831. The summed E-state index contributed by atoms with van der Waals surface area (Å²) in [6, 6.07) is 12.4. The predicted molar refractivity (Wildman–Crippen MR) is 86.7 cm³/mol. The number of para-hydroxylation sites is 1. The van der Waals surface area contributed by atoms with Crippen molar-refractivity contribution in [2.24, 2.45) is 0 Å². The summed E-state index contributed by atoms with van der Waals surface area (Å²) >= 11 is 3.35. The molecule has 0 aromatic heterocycles. The van der Waals surface area contributed by atoms with Gasteiger partial charge >= 0.3 is 0 Å². The summed E-state index contributed by atoms with van der Waals surface area (Å²) in [4.78, 5) is 24.2. The lowest BCUT2D eigenvalue weighted by Crippen LogP contribution is -2.21. The highest BCUT2D eigenvalue weighted by molar-refractivity contribution is 9.10. The van der Waals surface area contributed by atoms with Crippen LogP contribution in [0.25, 0.3) is 0 Å². The van der Waals surface area contributed by atoms with Crippen molar-refractivity contribution >= 4 is 33.4 Å². The molecule has 2 rings (SSSR count). The largest absolute Gasteiger partial charge is 0.355 e. The van der Waals surface area contributed by atoms with Gasteiger partial charge in [0.1, 0.15) is 0 Å². The number of amides is 2. The van der Waals surface area contributed by atoms with Gasteiger partial charge in [-0.25, -0.2) is 0 Å². The van der Waals surface area contributed by atoms with E-state index in [2.05, 4.69) is 26.6 Å². The fourth-order valence-electron chi connectivity index (χ4n) is 1.95. The Kier molecular flexibility index (Phi) is 4.75. The molecule has 2 aromatic rings. The lowest BCUT2D eigenvalue weighted by Gasteiger charge is -2.11. The second-order valence-corrected chi connectivity index (χ2v) is 5.45. The summed E-state index contributed by atoms with van der Waals surface area (Å²) in [7, 11) is 1.55. The maximum Gasteiger partial charge on any atom is 0.255 e. The number of halogens is 1. The second-order valence-electron chi connectivity index (χ2n) is 4.54. The third kappa shape index (κ3) is 3.49. The number of aryl methyl sites for hydroxylation is 1. The first-order valence-electron chi connectivity index (χ1n) is 6.41. The fraction of sp³-hybridized carbons (Fsp3) is 0.125. The summed E-state index contributed by atoms with van der Waals surface area (Å²) in [5, 5.41) is 5.35. The summed E-state index contributed by atoms with van der Waals surface area (Å²) in [6.07, 6.45) is 0. The molecule has 0 atom stereocenters. The van der Waals surface area contributed by atoms with Crippen LogP contribution in [0, 0.1) is 6.92 Å². The van der Waals surface area contributed by atoms with Gasteiger partial charge in [0.2, 0.25) is 0 Å². The maximum absolute atomic E-state index is 12.4. The highest BCUT2D eigenvalue weighted by Crippen LogP contribution is 2.20. The van der Waals surface area contributed by atoms with Crippen molar-refractivity contribution in [2.75, 3.05) is 12.4 Å². The third-order valence-electron chi connectivity index (χ3n) is 3.09. The molecule has 0 fully saturated rings. The van der Waals surface area contributed by atoms with Crippen molar-refractivity contribution < 1.29 is 9.59 Å². The zero-order chi connectivity index (χ0) is 15.4. The summed E-state index contributed by atoms with van der Waals surface area (Å²) in [6.45, 7) is 1.87. The van der Waals surface area contributed by atoms with E-state index < -0.39 is 0 Å². The molecule has 5 heteroatoms. The van der Waals surface area contributed by atoms with Crippen molar-refractivity contribution in [3.05, 3.63) is 63.6 Å². The van der Waals surface area contributed by atoms with Crippen molar-refractivity contribution in [3.63, 3.8) is 0 Å². The molecule has 0 saturated carbocycles. The Morgan fingerprint density at radius 3 is 2.43 bits per heavy atom. The van der Waals surface area contributed by atoms with Crippen LogP contribution in [-0.2, 0) is 0 Å². The minimum Gasteiger partial charge on any atom is -0.355 e. The summed E-state index contributed by atoms with van der Waals surface area (Å²) in [5.41, 5.74) is 2.35. The van der Waals surface area contributed by atoms with Gasteiger partial charge in [0.15, 0.2) is 0 Å². The molecule has 0 bridgehead atoms. The van der Waals surface area contributed by atoms with Crippen LogP contribution in [0.3, 0.4) is 0 Å². The number of benzene rings is 2. The smallest absolute Gasteiger partial charge is 0.255 e. The van der Waals surface area contributed by atoms with Gasteiger partial charge in [0.25, 0.3) is 11.8 Å². The van der Waals surface area contributed by atoms with Crippen molar-refractivity contribution in [1.82, 2.24) is 5.32 Å². The molecule has 0 aliphatic carbocycles. The monoisotopic (exact) mass is 346 g/mol. The minimum absolute atomic E-state index is 0.239. The SMILES string of the molecule is CNC(=O)c1ccccc1NC(=O)c1cc(Br)ccc1C. The van der Waals surface area contributed by atoms with Crippen LogP contribution in [0.4, 0.5) is 5.69 Å². The van der Waals surface area contributed by atoms with Crippen molar-refractivity contribution in [1.29, 1.82) is 0 Å². The number of carbonyl (C=O) groups excluding carboxylic acids is 2. The predicted octanol–water partition coefficient (Wildman–Crippen LogP) is 3.37. The molecule has 21 heavy (non-hydrogen) atoms. The number of anilines is 1. The van der Waals surface area contributed by atoms with Crippen LogP contribution < -0.4 is 10.6 Å².